The predicted molar refractivity (Wildman–Crippen MR) is 61.8 cm³/mol. The second-order valence-corrected chi connectivity index (χ2v) is 3.24. The summed E-state index contributed by atoms with van der Waals surface area (Å²) in [5.74, 6) is -0.0961. The first-order valence-corrected chi connectivity index (χ1v) is 4.96. The Bertz CT molecular complexity index is 585. The van der Waals surface area contributed by atoms with Gasteiger partial charge in [-0.25, -0.2) is 4.98 Å². The first kappa shape index (κ1) is 11.1. The topological polar surface area (TPSA) is 104 Å². The van der Waals surface area contributed by atoms with Crippen LogP contribution in [-0.4, -0.2) is 21.5 Å². The maximum Gasteiger partial charge on any atom is 0.354 e. The van der Waals surface area contributed by atoms with Gasteiger partial charge in [0.2, 0.25) is 0 Å². The summed E-state index contributed by atoms with van der Waals surface area (Å²) < 4.78 is 5.11. The lowest BCUT2D eigenvalue weighted by molar-refractivity contribution is -0.385. The Hall–Kier alpha value is -2.44. The molecule has 0 bridgehead atoms. The highest BCUT2D eigenvalue weighted by Gasteiger charge is 2.24. The van der Waals surface area contributed by atoms with E-state index in [-0.39, 0.29) is 23.9 Å². The van der Waals surface area contributed by atoms with Crippen molar-refractivity contribution >= 4 is 22.4 Å². The van der Waals surface area contributed by atoms with Crippen molar-refractivity contribution in [3.8, 4) is 5.88 Å². The molecule has 0 amide bonds. The summed E-state index contributed by atoms with van der Waals surface area (Å²) in [5, 5.41) is 11.4. The largest absolute Gasteiger partial charge is 0.473 e. The first-order valence-electron chi connectivity index (χ1n) is 4.96. The number of rotatable bonds is 3. The van der Waals surface area contributed by atoms with E-state index in [0.29, 0.717) is 11.0 Å². The van der Waals surface area contributed by atoms with Crippen molar-refractivity contribution in [2.45, 2.75) is 6.92 Å². The molecule has 0 aliphatic carbocycles. The molecule has 0 unspecified atom stereocenters. The fraction of sp³-hybridized carbons (Fsp3) is 0.200. The van der Waals surface area contributed by atoms with Crippen LogP contribution in [0.3, 0.4) is 0 Å². The molecule has 0 fully saturated rings. The third-order valence-electron chi connectivity index (χ3n) is 2.21. The van der Waals surface area contributed by atoms with Gasteiger partial charge in [0.25, 0.3) is 5.88 Å². The van der Waals surface area contributed by atoms with Gasteiger partial charge in [0, 0.05) is 11.6 Å². The Morgan fingerprint density at radius 3 is 3.00 bits per heavy atom. The van der Waals surface area contributed by atoms with Gasteiger partial charge in [-0.3, -0.25) is 10.1 Å². The van der Waals surface area contributed by atoms with Crippen LogP contribution in [0.25, 0.3) is 11.0 Å². The number of anilines is 1. The fourth-order valence-electron chi connectivity index (χ4n) is 1.50. The standard InChI is InChI=1S/C10H10N4O3/c1-2-17-10-8(14(15)16)7(11)6-4-3-5-12-9(6)13-10/h3-5H,2H2,1H3,(H2,11,12,13). The number of hydrogen-bond acceptors (Lipinski definition) is 6. The van der Waals surface area contributed by atoms with Gasteiger partial charge < -0.3 is 10.5 Å². The zero-order chi connectivity index (χ0) is 12.4. The lowest BCUT2D eigenvalue weighted by atomic mass is 10.2. The summed E-state index contributed by atoms with van der Waals surface area (Å²) in [6, 6.07) is 3.28. The van der Waals surface area contributed by atoms with Crippen molar-refractivity contribution < 1.29 is 9.66 Å². The lowest BCUT2D eigenvalue weighted by Gasteiger charge is -2.07. The van der Waals surface area contributed by atoms with Crippen LogP contribution in [0.1, 0.15) is 6.92 Å². The quantitative estimate of drug-likeness (QED) is 0.637. The molecule has 2 aromatic rings. The van der Waals surface area contributed by atoms with Gasteiger partial charge in [-0.05, 0) is 19.1 Å². The van der Waals surface area contributed by atoms with Gasteiger partial charge in [-0.2, -0.15) is 4.98 Å². The number of hydrogen-bond donors (Lipinski definition) is 1. The second kappa shape index (κ2) is 4.20. The van der Waals surface area contributed by atoms with Crippen molar-refractivity contribution in [2.24, 2.45) is 0 Å². The summed E-state index contributed by atoms with van der Waals surface area (Å²) in [4.78, 5) is 18.3. The summed E-state index contributed by atoms with van der Waals surface area (Å²) in [6.07, 6.45) is 1.54. The van der Waals surface area contributed by atoms with Crippen molar-refractivity contribution in [1.29, 1.82) is 0 Å². The monoisotopic (exact) mass is 234 g/mol. The average molecular weight is 234 g/mol. The molecule has 7 heteroatoms. The van der Waals surface area contributed by atoms with E-state index < -0.39 is 4.92 Å². The molecule has 2 aromatic heterocycles. The normalized spacial score (nSPS) is 10.4. The first-order chi connectivity index (χ1) is 8.15. The Morgan fingerprint density at radius 1 is 1.59 bits per heavy atom. The molecule has 17 heavy (non-hydrogen) atoms. The van der Waals surface area contributed by atoms with E-state index in [1.54, 1.807) is 19.1 Å². The summed E-state index contributed by atoms with van der Waals surface area (Å²) in [7, 11) is 0. The van der Waals surface area contributed by atoms with E-state index >= 15 is 0 Å². The molecule has 0 radical (unpaired) electrons. The summed E-state index contributed by atoms with van der Waals surface area (Å²) in [5.41, 5.74) is 5.79. The van der Waals surface area contributed by atoms with Crippen LogP contribution in [0.2, 0.25) is 0 Å². The Balaban J connectivity index is 2.79. The van der Waals surface area contributed by atoms with Gasteiger partial charge in [0.1, 0.15) is 5.69 Å². The van der Waals surface area contributed by atoms with Crippen molar-refractivity contribution in [3.63, 3.8) is 0 Å². The van der Waals surface area contributed by atoms with Crippen LogP contribution in [-0.2, 0) is 0 Å². The van der Waals surface area contributed by atoms with E-state index in [2.05, 4.69) is 9.97 Å². The summed E-state index contributed by atoms with van der Waals surface area (Å²) in [6.45, 7) is 1.98. The van der Waals surface area contributed by atoms with Crippen molar-refractivity contribution in [2.75, 3.05) is 12.3 Å². The number of fused-ring (bicyclic) bond motifs is 1. The number of nitro groups is 1. The number of nitrogens with two attached hydrogens (primary N) is 1. The molecule has 0 atom stereocenters. The Morgan fingerprint density at radius 2 is 2.35 bits per heavy atom. The fourth-order valence-corrected chi connectivity index (χ4v) is 1.50. The molecule has 2 N–H and O–H groups in total. The molecule has 0 saturated heterocycles. The minimum absolute atomic E-state index is 0.0246. The number of nitrogens with zero attached hydrogens (tertiary/aromatic N) is 3. The third kappa shape index (κ3) is 1.82. The molecular formula is C10H10N4O3. The number of pyridine rings is 2. The molecule has 2 rings (SSSR count). The van der Waals surface area contributed by atoms with Crippen LogP contribution in [0.4, 0.5) is 11.4 Å². The van der Waals surface area contributed by atoms with Gasteiger partial charge in [-0.1, -0.05) is 0 Å². The van der Waals surface area contributed by atoms with Gasteiger partial charge in [-0.15, -0.1) is 0 Å². The van der Waals surface area contributed by atoms with Gasteiger partial charge in [0.05, 0.1) is 11.5 Å². The van der Waals surface area contributed by atoms with E-state index in [9.17, 15) is 10.1 Å². The predicted octanol–water partition coefficient (Wildman–Crippen LogP) is 1.52. The van der Waals surface area contributed by atoms with Crippen LogP contribution in [0.15, 0.2) is 18.3 Å². The maximum atomic E-state index is 10.9. The van der Waals surface area contributed by atoms with E-state index in [0.717, 1.165) is 0 Å². The van der Waals surface area contributed by atoms with Gasteiger partial charge in [0.15, 0.2) is 5.65 Å². The molecule has 0 spiro atoms. The Kier molecular flexibility index (Phi) is 2.73. The minimum atomic E-state index is -0.597. The van der Waals surface area contributed by atoms with Crippen molar-refractivity contribution in [3.05, 3.63) is 28.4 Å². The molecule has 0 aliphatic rings. The second-order valence-electron chi connectivity index (χ2n) is 3.24. The SMILES string of the molecule is CCOc1nc2ncccc2c(N)c1[N+](=O)[O-]. The average Bonchev–Trinajstić information content (AvgIpc) is 2.29. The van der Waals surface area contributed by atoms with E-state index in [1.807, 2.05) is 0 Å². The van der Waals surface area contributed by atoms with E-state index in [4.69, 9.17) is 10.5 Å². The van der Waals surface area contributed by atoms with Crippen molar-refractivity contribution in [1.82, 2.24) is 9.97 Å². The highest BCUT2D eigenvalue weighted by atomic mass is 16.6. The molecule has 0 aromatic carbocycles. The maximum absolute atomic E-state index is 10.9. The van der Waals surface area contributed by atoms with Crippen LogP contribution in [0.5, 0.6) is 5.88 Å². The number of aromatic nitrogens is 2. The zero-order valence-electron chi connectivity index (χ0n) is 9.08. The third-order valence-corrected chi connectivity index (χ3v) is 2.21. The lowest BCUT2D eigenvalue weighted by Crippen LogP contribution is -2.04. The van der Waals surface area contributed by atoms with Crippen LogP contribution in [0, 0.1) is 10.1 Å². The molecule has 7 nitrogen and oxygen atoms in total. The number of ether oxygens (including phenoxy) is 1. The highest BCUT2D eigenvalue weighted by molar-refractivity contribution is 5.94. The highest BCUT2D eigenvalue weighted by Crippen LogP contribution is 2.35. The molecule has 88 valence electrons. The molecule has 2 heterocycles. The minimum Gasteiger partial charge on any atom is -0.473 e. The molecular weight excluding hydrogens is 224 g/mol. The van der Waals surface area contributed by atoms with Crippen LogP contribution < -0.4 is 10.5 Å². The number of nitrogen functional groups attached to an aromatic ring is 1. The Labute approximate surface area is 96.4 Å². The van der Waals surface area contributed by atoms with Gasteiger partial charge >= 0.3 is 5.69 Å². The summed E-state index contributed by atoms with van der Waals surface area (Å²) >= 11 is 0. The zero-order valence-corrected chi connectivity index (χ0v) is 9.08. The smallest absolute Gasteiger partial charge is 0.354 e. The van der Waals surface area contributed by atoms with E-state index in [1.165, 1.54) is 6.20 Å². The molecule has 0 aliphatic heterocycles. The van der Waals surface area contributed by atoms with Crippen LogP contribution >= 0.6 is 0 Å². The molecule has 0 saturated carbocycles.